The van der Waals surface area contributed by atoms with Crippen LogP contribution >= 0.6 is 11.6 Å². The van der Waals surface area contributed by atoms with Crippen LogP contribution in [-0.2, 0) is 17.7 Å². The Morgan fingerprint density at radius 2 is 2.14 bits per heavy atom. The van der Waals surface area contributed by atoms with Crippen LogP contribution in [0.15, 0.2) is 28.9 Å². The van der Waals surface area contributed by atoms with Gasteiger partial charge in [-0.3, -0.25) is 9.69 Å². The van der Waals surface area contributed by atoms with Crippen molar-refractivity contribution in [2.75, 3.05) is 26.3 Å². The third-order valence-electron chi connectivity index (χ3n) is 6.31. The molecule has 0 bridgehead atoms. The number of ether oxygens (including phenoxy) is 1. The number of morpholine rings is 1. The van der Waals surface area contributed by atoms with Gasteiger partial charge in [-0.1, -0.05) is 30.6 Å². The van der Waals surface area contributed by atoms with Gasteiger partial charge in [0.15, 0.2) is 5.76 Å². The van der Waals surface area contributed by atoms with Crippen molar-refractivity contribution >= 4 is 17.5 Å². The molecule has 1 amide bonds. The molecule has 2 atom stereocenters. The Morgan fingerprint density at radius 3 is 2.86 bits per heavy atom. The molecule has 2 unspecified atom stereocenters. The first kappa shape index (κ1) is 20.3. The third kappa shape index (κ3) is 4.63. The van der Waals surface area contributed by atoms with Gasteiger partial charge in [0.2, 0.25) is 0 Å². The molecule has 8 heteroatoms. The van der Waals surface area contributed by atoms with Crippen LogP contribution in [0.4, 0.5) is 0 Å². The van der Waals surface area contributed by atoms with Gasteiger partial charge in [-0.25, -0.2) is 4.98 Å². The molecule has 0 radical (unpaired) electrons. The van der Waals surface area contributed by atoms with Gasteiger partial charge in [0.05, 0.1) is 25.5 Å². The highest BCUT2D eigenvalue weighted by molar-refractivity contribution is 6.29. The molecular weight excluding hydrogens is 392 g/mol. The van der Waals surface area contributed by atoms with E-state index in [4.69, 9.17) is 20.9 Å². The number of halogens is 1. The van der Waals surface area contributed by atoms with Crippen LogP contribution in [0, 0.1) is 11.3 Å². The summed E-state index contributed by atoms with van der Waals surface area (Å²) < 4.78 is 10.9. The van der Waals surface area contributed by atoms with Gasteiger partial charge in [0, 0.05) is 37.0 Å². The standard InChI is InChI=1S/C21H27ClN4O3/c1-21(2)15(11-18(21)24-20(27)14-3-4-23-19(22)9-14)10-16-12-17(29-25-16)13-26-5-7-28-8-6-26/h3-4,9,12,15,18H,5-8,10-11,13H2,1-2H3,(H,24,27). The molecule has 2 aromatic heterocycles. The second-order valence-corrected chi connectivity index (χ2v) is 8.91. The predicted molar refractivity (Wildman–Crippen MR) is 109 cm³/mol. The van der Waals surface area contributed by atoms with Crippen LogP contribution < -0.4 is 5.32 Å². The molecule has 4 rings (SSSR count). The molecule has 2 fully saturated rings. The first-order valence-electron chi connectivity index (χ1n) is 10.1. The number of hydrogen-bond acceptors (Lipinski definition) is 6. The second-order valence-electron chi connectivity index (χ2n) is 8.52. The van der Waals surface area contributed by atoms with Crippen molar-refractivity contribution in [1.29, 1.82) is 0 Å². The average molecular weight is 419 g/mol. The zero-order chi connectivity index (χ0) is 20.4. The van der Waals surface area contributed by atoms with Gasteiger partial charge in [-0.05, 0) is 36.3 Å². The van der Waals surface area contributed by atoms with Crippen LogP contribution in [-0.4, -0.2) is 53.3 Å². The summed E-state index contributed by atoms with van der Waals surface area (Å²) in [5.41, 5.74) is 1.50. The quantitative estimate of drug-likeness (QED) is 0.726. The molecule has 0 spiro atoms. The highest BCUT2D eigenvalue weighted by Gasteiger charge is 2.48. The molecule has 0 aromatic carbocycles. The maximum absolute atomic E-state index is 12.5. The summed E-state index contributed by atoms with van der Waals surface area (Å²) in [6.07, 6.45) is 3.32. The third-order valence-corrected chi connectivity index (χ3v) is 6.52. The van der Waals surface area contributed by atoms with Crippen molar-refractivity contribution < 1.29 is 14.1 Å². The van der Waals surface area contributed by atoms with Gasteiger partial charge in [-0.15, -0.1) is 0 Å². The maximum Gasteiger partial charge on any atom is 0.251 e. The lowest BCUT2D eigenvalue weighted by molar-refractivity contribution is 0.0138. The van der Waals surface area contributed by atoms with Crippen molar-refractivity contribution in [2.24, 2.45) is 11.3 Å². The number of aromatic nitrogens is 2. The first-order valence-corrected chi connectivity index (χ1v) is 10.5. The molecule has 29 heavy (non-hydrogen) atoms. The van der Waals surface area contributed by atoms with Crippen LogP contribution in [0.1, 0.15) is 42.1 Å². The topological polar surface area (TPSA) is 80.5 Å². The fourth-order valence-corrected chi connectivity index (χ4v) is 4.33. The van der Waals surface area contributed by atoms with Crippen molar-refractivity contribution in [1.82, 2.24) is 20.4 Å². The minimum absolute atomic E-state index is 0.0180. The molecule has 1 aliphatic carbocycles. The minimum atomic E-state index is -0.111. The zero-order valence-electron chi connectivity index (χ0n) is 16.9. The Bertz CT molecular complexity index is 863. The SMILES string of the molecule is CC1(C)C(Cc2cc(CN3CCOCC3)on2)CC1NC(=O)c1ccnc(Cl)c1. The number of nitrogens with zero attached hydrogens (tertiary/aromatic N) is 3. The lowest BCUT2D eigenvalue weighted by Gasteiger charge is -2.52. The Labute approximate surface area is 175 Å². The molecule has 7 nitrogen and oxygen atoms in total. The number of nitrogens with one attached hydrogen (secondary N) is 1. The largest absolute Gasteiger partial charge is 0.379 e. The van der Waals surface area contributed by atoms with E-state index in [1.54, 1.807) is 18.3 Å². The Hall–Kier alpha value is -1.96. The van der Waals surface area contributed by atoms with Gasteiger partial charge in [0.1, 0.15) is 5.15 Å². The fourth-order valence-electron chi connectivity index (χ4n) is 4.15. The summed E-state index contributed by atoms with van der Waals surface area (Å²) in [5, 5.41) is 7.73. The normalized spacial score (nSPS) is 24.1. The van der Waals surface area contributed by atoms with Crippen LogP contribution in [0.3, 0.4) is 0 Å². The summed E-state index contributed by atoms with van der Waals surface area (Å²) in [6.45, 7) is 8.57. The minimum Gasteiger partial charge on any atom is -0.379 e. The molecule has 1 N–H and O–H groups in total. The van der Waals surface area contributed by atoms with Gasteiger partial charge in [0.25, 0.3) is 5.91 Å². The van der Waals surface area contributed by atoms with Crippen LogP contribution in [0.25, 0.3) is 0 Å². The Balaban J connectivity index is 1.30. The monoisotopic (exact) mass is 418 g/mol. The lowest BCUT2D eigenvalue weighted by atomic mass is 9.57. The Kier molecular flexibility index (Phi) is 5.90. The van der Waals surface area contributed by atoms with Gasteiger partial charge >= 0.3 is 0 Å². The van der Waals surface area contributed by atoms with E-state index in [-0.39, 0.29) is 17.4 Å². The maximum atomic E-state index is 12.5. The summed E-state index contributed by atoms with van der Waals surface area (Å²) in [6, 6.07) is 5.45. The number of carbonyl (C=O) groups excluding carboxylic acids is 1. The van der Waals surface area contributed by atoms with E-state index in [2.05, 4.69) is 40.3 Å². The second kappa shape index (κ2) is 8.42. The number of carbonyl (C=O) groups is 1. The first-order chi connectivity index (χ1) is 13.9. The van der Waals surface area contributed by atoms with Crippen molar-refractivity contribution in [3.63, 3.8) is 0 Å². The highest BCUT2D eigenvalue weighted by atomic mass is 35.5. The van der Waals surface area contributed by atoms with Crippen LogP contribution in [0.2, 0.25) is 5.15 Å². The summed E-state index contributed by atoms with van der Waals surface area (Å²) in [7, 11) is 0. The lowest BCUT2D eigenvalue weighted by Crippen LogP contribution is -2.58. The van der Waals surface area contributed by atoms with E-state index in [1.807, 2.05) is 0 Å². The molecule has 1 saturated heterocycles. The van der Waals surface area contributed by atoms with E-state index in [0.717, 1.165) is 57.1 Å². The number of amides is 1. The smallest absolute Gasteiger partial charge is 0.251 e. The summed E-state index contributed by atoms with van der Waals surface area (Å²) in [4.78, 5) is 18.7. The number of pyridine rings is 1. The summed E-state index contributed by atoms with van der Waals surface area (Å²) >= 11 is 5.89. The van der Waals surface area contributed by atoms with Crippen molar-refractivity contribution in [2.45, 2.75) is 39.3 Å². The molecule has 1 saturated carbocycles. The van der Waals surface area contributed by atoms with Crippen molar-refractivity contribution in [3.05, 3.63) is 46.6 Å². The van der Waals surface area contributed by atoms with Crippen molar-refractivity contribution in [3.8, 4) is 0 Å². The molecule has 3 heterocycles. The molecule has 1 aliphatic heterocycles. The molecule has 2 aliphatic rings. The fraction of sp³-hybridized carbons (Fsp3) is 0.571. The van der Waals surface area contributed by atoms with Crippen LogP contribution in [0.5, 0.6) is 0 Å². The Morgan fingerprint density at radius 1 is 1.34 bits per heavy atom. The average Bonchev–Trinajstić information content (AvgIpc) is 3.15. The number of hydrogen-bond donors (Lipinski definition) is 1. The molecule has 156 valence electrons. The molecule has 2 aromatic rings. The molecular formula is C21H27ClN4O3. The number of rotatable bonds is 6. The van der Waals surface area contributed by atoms with E-state index in [1.165, 1.54) is 0 Å². The van der Waals surface area contributed by atoms with E-state index >= 15 is 0 Å². The highest BCUT2D eigenvalue weighted by Crippen LogP contribution is 2.47. The predicted octanol–water partition coefficient (Wildman–Crippen LogP) is 2.94. The van der Waals surface area contributed by atoms with E-state index in [0.29, 0.717) is 16.6 Å². The zero-order valence-corrected chi connectivity index (χ0v) is 17.6. The van der Waals surface area contributed by atoms with E-state index < -0.39 is 0 Å². The summed E-state index contributed by atoms with van der Waals surface area (Å²) in [5.74, 6) is 1.23. The van der Waals surface area contributed by atoms with Gasteiger partial charge < -0.3 is 14.6 Å². The van der Waals surface area contributed by atoms with E-state index in [9.17, 15) is 4.79 Å². The van der Waals surface area contributed by atoms with Gasteiger partial charge in [-0.2, -0.15) is 0 Å².